The second-order valence-corrected chi connectivity index (χ2v) is 10.2. The van der Waals surface area contributed by atoms with Gasteiger partial charge in [-0.3, -0.25) is 4.79 Å². The minimum Gasteiger partial charge on any atom is -0.393 e. The molecule has 1 aliphatic heterocycles. The van der Waals surface area contributed by atoms with Gasteiger partial charge in [0.05, 0.1) is 12.6 Å². The Morgan fingerprint density at radius 3 is 2.64 bits per heavy atom. The third kappa shape index (κ3) is 2.48. The number of fused-ring (bicyclic) bond motifs is 5. The minimum absolute atomic E-state index is 0.0693. The quantitative estimate of drug-likeness (QED) is 0.793. The highest BCUT2D eigenvalue weighted by Gasteiger charge is 2.62. The largest absolute Gasteiger partial charge is 0.393 e. The van der Waals surface area contributed by atoms with E-state index in [1.807, 2.05) is 6.07 Å². The molecule has 1 amide bonds. The van der Waals surface area contributed by atoms with Crippen LogP contribution in [0, 0.1) is 28.6 Å². The second-order valence-electron chi connectivity index (χ2n) is 10.2. The number of hydrogen-bond donors (Lipinski definition) is 1. The summed E-state index contributed by atoms with van der Waals surface area (Å²) in [7, 11) is 0. The van der Waals surface area contributed by atoms with E-state index in [2.05, 4.69) is 49.1 Å². The van der Waals surface area contributed by atoms with Gasteiger partial charge in [0.15, 0.2) is 0 Å². The van der Waals surface area contributed by atoms with Crippen LogP contribution in [0.5, 0.6) is 0 Å². The molecule has 3 aliphatic carbocycles. The first-order valence-corrected chi connectivity index (χ1v) is 11.2. The Morgan fingerprint density at radius 1 is 1.07 bits per heavy atom. The number of allylic oxidation sites excluding steroid dienone is 2. The molecule has 0 bridgehead atoms. The summed E-state index contributed by atoms with van der Waals surface area (Å²) in [6.45, 7) is 5.35. The maximum Gasteiger partial charge on any atom is 0.230 e. The van der Waals surface area contributed by atoms with Gasteiger partial charge in [-0.25, -0.2) is 0 Å². The molecule has 1 aromatic carbocycles. The third-order valence-electron chi connectivity index (χ3n) is 8.89. The maximum atomic E-state index is 14.0. The summed E-state index contributed by atoms with van der Waals surface area (Å²) in [4.78, 5) is 16.1. The second kappa shape index (κ2) is 6.45. The van der Waals surface area contributed by atoms with Crippen LogP contribution in [0.2, 0.25) is 0 Å². The molecular weight excluding hydrogens is 346 g/mol. The summed E-state index contributed by atoms with van der Waals surface area (Å²) in [5.41, 5.74) is 2.51. The molecule has 3 heteroatoms. The van der Waals surface area contributed by atoms with Crippen LogP contribution >= 0.6 is 0 Å². The Balaban J connectivity index is 1.57. The molecule has 0 spiro atoms. The van der Waals surface area contributed by atoms with Crippen molar-refractivity contribution >= 4 is 5.91 Å². The van der Waals surface area contributed by atoms with Gasteiger partial charge >= 0.3 is 0 Å². The number of carbonyl (C=O) groups excluding carboxylic acids is 1. The summed E-state index contributed by atoms with van der Waals surface area (Å²) in [6, 6.07) is 10.4. The van der Waals surface area contributed by atoms with E-state index in [0.717, 1.165) is 32.1 Å². The van der Waals surface area contributed by atoms with E-state index in [1.54, 1.807) is 0 Å². The Hall–Kier alpha value is -1.61. The molecule has 1 aromatic rings. The van der Waals surface area contributed by atoms with Gasteiger partial charge in [0.25, 0.3) is 0 Å². The fourth-order valence-electron chi connectivity index (χ4n) is 7.26. The topological polar surface area (TPSA) is 40.5 Å². The molecule has 2 saturated carbocycles. The van der Waals surface area contributed by atoms with Gasteiger partial charge in [-0.1, -0.05) is 50.3 Å². The van der Waals surface area contributed by atoms with Gasteiger partial charge in [0.1, 0.15) is 0 Å². The number of aliphatic hydroxyl groups excluding tert-OH is 1. The van der Waals surface area contributed by atoms with E-state index in [4.69, 9.17) is 0 Å². The lowest BCUT2D eigenvalue weighted by Crippen LogP contribution is -2.60. The number of aliphatic hydroxyl groups is 1. The van der Waals surface area contributed by atoms with Crippen LogP contribution in [-0.2, 0) is 11.3 Å². The van der Waals surface area contributed by atoms with Crippen molar-refractivity contribution in [1.82, 2.24) is 4.90 Å². The predicted molar refractivity (Wildman–Crippen MR) is 110 cm³/mol. The molecular formula is C25H33NO2. The molecule has 28 heavy (non-hydrogen) atoms. The number of amides is 1. The highest BCUT2D eigenvalue weighted by molar-refractivity contribution is 5.83. The van der Waals surface area contributed by atoms with Gasteiger partial charge in [-0.2, -0.15) is 0 Å². The average molecular weight is 380 g/mol. The first-order valence-electron chi connectivity index (χ1n) is 11.2. The Labute approximate surface area is 168 Å². The molecule has 1 saturated heterocycles. The molecule has 4 aliphatic rings. The van der Waals surface area contributed by atoms with Crippen molar-refractivity contribution in [2.24, 2.45) is 28.6 Å². The third-order valence-corrected chi connectivity index (χ3v) is 8.89. The zero-order valence-corrected chi connectivity index (χ0v) is 17.2. The van der Waals surface area contributed by atoms with Crippen molar-refractivity contribution in [3.8, 4) is 0 Å². The predicted octanol–water partition coefficient (Wildman–Crippen LogP) is 4.91. The number of benzene rings is 1. The lowest BCUT2D eigenvalue weighted by molar-refractivity contribution is -0.160. The number of hydrogen-bond acceptors (Lipinski definition) is 2. The van der Waals surface area contributed by atoms with Crippen LogP contribution < -0.4 is 0 Å². The standard InChI is InChI=1S/C25H33NO2/c1-24-14-7-6-10-20(24)26(16-17-8-4-3-5-9-17)23(28)22-18-11-12-21(27)25(18,2)15-13-19(22)24/h3-5,8-10,18-19,21-22,27H,6-7,11-16H2,1-2H3. The van der Waals surface area contributed by atoms with Gasteiger partial charge in [0, 0.05) is 17.0 Å². The minimum atomic E-state index is -0.245. The van der Waals surface area contributed by atoms with E-state index in [0.29, 0.717) is 24.3 Å². The molecule has 0 radical (unpaired) electrons. The number of rotatable bonds is 2. The van der Waals surface area contributed by atoms with E-state index in [-0.39, 0.29) is 22.9 Å². The smallest absolute Gasteiger partial charge is 0.230 e. The molecule has 3 nitrogen and oxygen atoms in total. The van der Waals surface area contributed by atoms with Crippen molar-refractivity contribution in [2.75, 3.05) is 0 Å². The monoisotopic (exact) mass is 379 g/mol. The maximum absolute atomic E-state index is 14.0. The highest BCUT2D eigenvalue weighted by Crippen LogP contribution is 2.64. The van der Waals surface area contributed by atoms with Crippen LogP contribution in [0.3, 0.4) is 0 Å². The van der Waals surface area contributed by atoms with Crippen molar-refractivity contribution in [3.05, 3.63) is 47.7 Å². The van der Waals surface area contributed by atoms with Crippen molar-refractivity contribution in [3.63, 3.8) is 0 Å². The van der Waals surface area contributed by atoms with Crippen molar-refractivity contribution in [1.29, 1.82) is 0 Å². The van der Waals surface area contributed by atoms with Crippen LogP contribution in [0.1, 0.15) is 64.4 Å². The van der Waals surface area contributed by atoms with Crippen LogP contribution in [0.15, 0.2) is 42.1 Å². The average Bonchev–Trinajstić information content (AvgIpc) is 3.00. The summed E-state index contributed by atoms with van der Waals surface area (Å²) >= 11 is 0. The number of carbonyl (C=O) groups is 1. The fourth-order valence-corrected chi connectivity index (χ4v) is 7.26. The Morgan fingerprint density at radius 2 is 1.86 bits per heavy atom. The van der Waals surface area contributed by atoms with Gasteiger partial charge in [-0.05, 0) is 67.8 Å². The first kappa shape index (κ1) is 18.4. The summed E-state index contributed by atoms with van der Waals surface area (Å²) in [5.74, 6) is 1.15. The molecule has 0 aromatic heterocycles. The SMILES string of the molecule is CC12CCCC=C1N(Cc1ccccc1)C(=O)C1C2CCC2(C)C(O)CCC12. The van der Waals surface area contributed by atoms with Gasteiger partial charge in [-0.15, -0.1) is 0 Å². The molecule has 1 N–H and O–H groups in total. The molecule has 6 atom stereocenters. The Kier molecular flexibility index (Phi) is 4.24. The Bertz CT molecular complexity index is 802. The lowest BCUT2D eigenvalue weighted by atomic mass is 9.50. The van der Waals surface area contributed by atoms with Crippen molar-refractivity contribution < 1.29 is 9.90 Å². The van der Waals surface area contributed by atoms with Crippen LogP contribution in [0.25, 0.3) is 0 Å². The molecule has 6 unspecified atom stereocenters. The van der Waals surface area contributed by atoms with E-state index in [1.165, 1.54) is 24.1 Å². The number of nitrogens with zero attached hydrogens (tertiary/aromatic N) is 1. The first-order chi connectivity index (χ1) is 13.4. The fraction of sp³-hybridized carbons (Fsp3) is 0.640. The molecule has 150 valence electrons. The van der Waals surface area contributed by atoms with Crippen molar-refractivity contribution in [2.45, 2.75) is 71.4 Å². The van der Waals surface area contributed by atoms with Gasteiger partial charge in [0.2, 0.25) is 5.91 Å². The number of likely N-dealkylation sites (tertiary alicyclic amines) is 1. The van der Waals surface area contributed by atoms with E-state index in [9.17, 15) is 9.90 Å². The zero-order chi connectivity index (χ0) is 19.5. The number of piperidine rings is 1. The lowest BCUT2D eigenvalue weighted by Gasteiger charge is -2.59. The summed E-state index contributed by atoms with van der Waals surface area (Å²) in [6.07, 6.45) is 9.60. The summed E-state index contributed by atoms with van der Waals surface area (Å²) in [5, 5.41) is 10.7. The highest BCUT2D eigenvalue weighted by atomic mass is 16.3. The zero-order valence-electron chi connectivity index (χ0n) is 17.2. The van der Waals surface area contributed by atoms with Gasteiger partial charge < -0.3 is 10.0 Å². The summed E-state index contributed by atoms with van der Waals surface area (Å²) < 4.78 is 0. The normalized spacial score (nSPS) is 42.5. The van der Waals surface area contributed by atoms with E-state index >= 15 is 0 Å². The van der Waals surface area contributed by atoms with Crippen LogP contribution in [-0.4, -0.2) is 22.0 Å². The van der Waals surface area contributed by atoms with Crippen LogP contribution in [0.4, 0.5) is 0 Å². The molecule has 5 rings (SSSR count). The van der Waals surface area contributed by atoms with E-state index < -0.39 is 0 Å². The molecule has 3 fully saturated rings. The molecule has 1 heterocycles.